The predicted molar refractivity (Wildman–Crippen MR) is 99.3 cm³/mol. The van der Waals surface area contributed by atoms with Crippen molar-refractivity contribution in [2.45, 2.75) is 50.5 Å². The highest BCUT2D eigenvalue weighted by atomic mass is 32.2. The lowest BCUT2D eigenvalue weighted by atomic mass is 9.67. The number of amides is 1. The standard InChI is InChI=1S/C19H29NO4S/c1-18(2)15-19(11-13-24-18,16-7-5-4-6-8-16)10-12-20-17(21)9-14-25(3,22)23/h4-8H,9-15H2,1-3H3,(H,20,21). The SMILES string of the molecule is CC1(C)CC(CCNC(=O)CCS(C)(=O)=O)(c2ccccc2)CCO1. The number of nitrogens with one attached hydrogen (secondary N) is 1. The van der Waals surface area contributed by atoms with Gasteiger partial charge in [0.05, 0.1) is 11.4 Å². The molecular weight excluding hydrogens is 338 g/mol. The number of rotatable bonds is 7. The van der Waals surface area contributed by atoms with Gasteiger partial charge in [-0.15, -0.1) is 0 Å². The van der Waals surface area contributed by atoms with E-state index in [0.29, 0.717) is 13.2 Å². The third-order valence-electron chi connectivity index (χ3n) is 4.85. The van der Waals surface area contributed by atoms with Crippen LogP contribution >= 0.6 is 0 Å². The number of benzene rings is 1. The number of sulfone groups is 1. The Labute approximate surface area is 151 Å². The van der Waals surface area contributed by atoms with Gasteiger partial charge in [0.1, 0.15) is 9.84 Å². The molecular formula is C19H29NO4S. The molecule has 1 heterocycles. The van der Waals surface area contributed by atoms with Crippen molar-refractivity contribution in [2.75, 3.05) is 25.2 Å². The average Bonchev–Trinajstić information content (AvgIpc) is 2.52. The van der Waals surface area contributed by atoms with Crippen LogP contribution in [0.3, 0.4) is 0 Å². The molecule has 1 aliphatic heterocycles. The Morgan fingerprint density at radius 2 is 1.92 bits per heavy atom. The van der Waals surface area contributed by atoms with Gasteiger partial charge in [-0.05, 0) is 38.7 Å². The Bertz CT molecular complexity index is 685. The van der Waals surface area contributed by atoms with E-state index in [1.807, 2.05) is 18.2 Å². The van der Waals surface area contributed by atoms with Gasteiger partial charge in [-0.25, -0.2) is 8.42 Å². The van der Waals surface area contributed by atoms with Gasteiger partial charge in [0, 0.05) is 31.2 Å². The molecule has 0 aromatic heterocycles. The molecule has 1 aromatic carbocycles. The Hall–Kier alpha value is -1.40. The van der Waals surface area contributed by atoms with Crippen molar-refractivity contribution in [3.05, 3.63) is 35.9 Å². The molecule has 1 fully saturated rings. The minimum atomic E-state index is -3.11. The first-order valence-corrected chi connectivity index (χ1v) is 10.8. The number of hydrogen-bond donors (Lipinski definition) is 1. The summed E-state index contributed by atoms with van der Waals surface area (Å²) in [6, 6.07) is 10.4. The van der Waals surface area contributed by atoms with Crippen molar-refractivity contribution in [2.24, 2.45) is 0 Å². The number of hydrogen-bond acceptors (Lipinski definition) is 4. The van der Waals surface area contributed by atoms with E-state index in [-0.39, 0.29) is 29.1 Å². The van der Waals surface area contributed by atoms with Crippen LogP contribution in [-0.2, 0) is 24.8 Å². The van der Waals surface area contributed by atoms with Crippen LogP contribution in [0.25, 0.3) is 0 Å². The van der Waals surface area contributed by atoms with E-state index in [1.54, 1.807) is 0 Å². The van der Waals surface area contributed by atoms with E-state index in [4.69, 9.17) is 4.74 Å². The van der Waals surface area contributed by atoms with Crippen molar-refractivity contribution < 1.29 is 17.9 Å². The molecule has 5 nitrogen and oxygen atoms in total. The smallest absolute Gasteiger partial charge is 0.221 e. The highest BCUT2D eigenvalue weighted by Gasteiger charge is 2.41. The lowest BCUT2D eigenvalue weighted by Gasteiger charge is -2.45. The fraction of sp³-hybridized carbons (Fsp3) is 0.632. The van der Waals surface area contributed by atoms with Crippen LogP contribution in [-0.4, -0.2) is 45.1 Å². The van der Waals surface area contributed by atoms with E-state index < -0.39 is 9.84 Å². The minimum Gasteiger partial charge on any atom is -0.376 e. The molecule has 1 unspecified atom stereocenters. The maximum absolute atomic E-state index is 11.9. The Morgan fingerprint density at radius 3 is 2.52 bits per heavy atom. The van der Waals surface area contributed by atoms with Crippen molar-refractivity contribution in [1.82, 2.24) is 5.32 Å². The largest absolute Gasteiger partial charge is 0.376 e. The van der Waals surface area contributed by atoms with Gasteiger partial charge in [0.15, 0.2) is 0 Å². The molecule has 6 heteroatoms. The summed E-state index contributed by atoms with van der Waals surface area (Å²) in [5.41, 5.74) is 1.04. The molecule has 2 rings (SSSR count). The molecule has 0 radical (unpaired) electrons. The van der Waals surface area contributed by atoms with E-state index in [0.717, 1.165) is 25.5 Å². The van der Waals surface area contributed by atoms with E-state index in [2.05, 4.69) is 31.3 Å². The van der Waals surface area contributed by atoms with Crippen LogP contribution in [0.5, 0.6) is 0 Å². The summed E-state index contributed by atoms with van der Waals surface area (Å²) in [6.45, 7) is 5.45. The van der Waals surface area contributed by atoms with Gasteiger partial charge >= 0.3 is 0 Å². The summed E-state index contributed by atoms with van der Waals surface area (Å²) in [6.07, 6.45) is 3.79. The van der Waals surface area contributed by atoms with Gasteiger partial charge in [-0.2, -0.15) is 0 Å². The Kier molecular flexibility index (Phi) is 6.27. The average molecular weight is 368 g/mol. The summed E-state index contributed by atoms with van der Waals surface area (Å²) < 4.78 is 28.2. The van der Waals surface area contributed by atoms with E-state index in [9.17, 15) is 13.2 Å². The zero-order chi connectivity index (χ0) is 18.6. The molecule has 0 spiro atoms. The summed E-state index contributed by atoms with van der Waals surface area (Å²) in [5, 5.41) is 2.88. The van der Waals surface area contributed by atoms with Gasteiger partial charge in [0.2, 0.25) is 5.91 Å². The van der Waals surface area contributed by atoms with E-state index in [1.165, 1.54) is 5.56 Å². The fourth-order valence-corrected chi connectivity index (χ4v) is 4.24. The zero-order valence-electron chi connectivity index (χ0n) is 15.4. The van der Waals surface area contributed by atoms with Gasteiger partial charge in [-0.1, -0.05) is 30.3 Å². The van der Waals surface area contributed by atoms with Gasteiger partial charge in [-0.3, -0.25) is 4.79 Å². The van der Waals surface area contributed by atoms with Gasteiger partial charge in [0.25, 0.3) is 0 Å². The third kappa shape index (κ3) is 6.12. The van der Waals surface area contributed by atoms with Crippen LogP contribution in [0.1, 0.15) is 45.1 Å². The fourth-order valence-electron chi connectivity index (χ4n) is 3.68. The lowest BCUT2D eigenvalue weighted by Crippen LogP contribution is -2.45. The molecule has 1 N–H and O–H groups in total. The predicted octanol–water partition coefficient (Wildman–Crippen LogP) is 2.45. The zero-order valence-corrected chi connectivity index (χ0v) is 16.2. The lowest BCUT2D eigenvalue weighted by molar-refractivity contribution is -0.120. The second-order valence-corrected chi connectivity index (χ2v) is 9.92. The van der Waals surface area contributed by atoms with Crippen LogP contribution in [0.2, 0.25) is 0 Å². The number of ether oxygens (including phenoxy) is 1. The summed E-state index contributed by atoms with van der Waals surface area (Å²) in [4.78, 5) is 11.9. The number of carbonyl (C=O) groups excluding carboxylic acids is 1. The number of carbonyl (C=O) groups is 1. The second-order valence-electron chi connectivity index (χ2n) is 7.66. The van der Waals surface area contributed by atoms with Crippen molar-refractivity contribution in [1.29, 1.82) is 0 Å². The van der Waals surface area contributed by atoms with Crippen molar-refractivity contribution in [3.63, 3.8) is 0 Å². The summed E-state index contributed by atoms with van der Waals surface area (Å²) in [5.74, 6) is -0.316. The minimum absolute atomic E-state index is 0.0196. The highest BCUT2D eigenvalue weighted by molar-refractivity contribution is 7.90. The quantitative estimate of drug-likeness (QED) is 0.803. The molecule has 1 amide bonds. The third-order valence-corrected chi connectivity index (χ3v) is 5.80. The molecule has 1 aromatic rings. The normalized spacial score (nSPS) is 23.2. The monoisotopic (exact) mass is 367 g/mol. The van der Waals surface area contributed by atoms with E-state index >= 15 is 0 Å². The van der Waals surface area contributed by atoms with Crippen LogP contribution in [0, 0.1) is 0 Å². The van der Waals surface area contributed by atoms with Crippen LogP contribution < -0.4 is 5.32 Å². The molecule has 140 valence electrons. The van der Waals surface area contributed by atoms with Crippen molar-refractivity contribution in [3.8, 4) is 0 Å². The topological polar surface area (TPSA) is 72.5 Å². The second kappa shape index (κ2) is 7.87. The molecule has 1 saturated heterocycles. The highest BCUT2D eigenvalue weighted by Crippen LogP contribution is 2.43. The first kappa shape index (κ1) is 19.9. The Morgan fingerprint density at radius 1 is 1.24 bits per heavy atom. The van der Waals surface area contributed by atoms with Crippen LogP contribution in [0.15, 0.2) is 30.3 Å². The maximum Gasteiger partial charge on any atom is 0.221 e. The van der Waals surface area contributed by atoms with Crippen LogP contribution in [0.4, 0.5) is 0 Å². The molecule has 0 aliphatic carbocycles. The molecule has 0 saturated carbocycles. The first-order chi connectivity index (χ1) is 11.6. The molecule has 1 aliphatic rings. The summed E-state index contributed by atoms with van der Waals surface area (Å²) >= 11 is 0. The first-order valence-electron chi connectivity index (χ1n) is 8.76. The molecule has 0 bridgehead atoms. The Balaban J connectivity index is 2.02. The summed E-state index contributed by atoms with van der Waals surface area (Å²) in [7, 11) is -3.11. The molecule has 25 heavy (non-hydrogen) atoms. The molecule has 1 atom stereocenters. The van der Waals surface area contributed by atoms with Crippen molar-refractivity contribution >= 4 is 15.7 Å². The van der Waals surface area contributed by atoms with Gasteiger partial charge < -0.3 is 10.1 Å². The maximum atomic E-state index is 11.9.